The van der Waals surface area contributed by atoms with Crippen LogP contribution in [-0.4, -0.2) is 12.5 Å². The van der Waals surface area contributed by atoms with Crippen LogP contribution < -0.4 is 11.1 Å². The van der Waals surface area contributed by atoms with Gasteiger partial charge in [-0.25, -0.2) is 0 Å². The molecule has 0 spiro atoms. The summed E-state index contributed by atoms with van der Waals surface area (Å²) in [6, 6.07) is 5.24. The molecule has 0 heterocycles. The standard InChI is InChI=1S/C13H18Cl2N2O/c1-8(5-6-16)13(18)17-9(2)10-3-4-11(14)12(15)7-10/h3-4,7-9H,5-6,16H2,1-2H3,(H,17,18). The molecule has 0 saturated carbocycles. The van der Waals surface area contributed by atoms with Gasteiger partial charge in [-0.2, -0.15) is 0 Å². The molecule has 0 aromatic heterocycles. The van der Waals surface area contributed by atoms with Crippen molar-refractivity contribution < 1.29 is 4.79 Å². The number of carbonyl (C=O) groups excluding carboxylic acids is 1. The number of nitrogens with one attached hydrogen (secondary N) is 1. The Morgan fingerprint density at radius 1 is 1.33 bits per heavy atom. The lowest BCUT2D eigenvalue weighted by Crippen LogP contribution is -2.32. The SMILES string of the molecule is CC(CCN)C(=O)NC(C)c1ccc(Cl)c(Cl)c1. The molecular weight excluding hydrogens is 271 g/mol. The van der Waals surface area contributed by atoms with Crippen LogP contribution >= 0.6 is 23.2 Å². The van der Waals surface area contributed by atoms with Crippen LogP contribution in [0.15, 0.2) is 18.2 Å². The number of carbonyl (C=O) groups is 1. The number of halogens is 2. The van der Waals surface area contributed by atoms with Crippen LogP contribution in [0, 0.1) is 5.92 Å². The molecular formula is C13H18Cl2N2O. The number of hydrogen-bond donors (Lipinski definition) is 2. The summed E-state index contributed by atoms with van der Waals surface area (Å²) in [6.07, 6.45) is 0.680. The van der Waals surface area contributed by atoms with Crippen molar-refractivity contribution >= 4 is 29.1 Å². The predicted octanol–water partition coefficient (Wildman–Crippen LogP) is 3.16. The molecule has 3 nitrogen and oxygen atoms in total. The summed E-state index contributed by atoms with van der Waals surface area (Å²) >= 11 is 11.8. The minimum atomic E-state index is -0.104. The lowest BCUT2D eigenvalue weighted by atomic mass is 10.0. The molecule has 2 atom stereocenters. The van der Waals surface area contributed by atoms with Gasteiger partial charge < -0.3 is 11.1 Å². The highest BCUT2D eigenvalue weighted by molar-refractivity contribution is 6.42. The van der Waals surface area contributed by atoms with E-state index in [4.69, 9.17) is 28.9 Å². The first-order valence-electron chi connectivity index (χ1n) is 5.91. The van der Waals surface area contributed by atoms with Gasteiger partial charge in [-0.05, 0) is 37.6 Å². The van der Waals surface area contributed by atoms with Crippen LogP contribution in [-0.2, 0) is 4.79 Å². The Morgan fingerprint density at radius 3 is 2.56 bits per heavy atom. The van der Waals surface area contributed by atoms with Gasteiger partial charge in [-0.1, -0.05) is 36.2 Å². The van der Waals surface area contributed by atoms with E-state index in [0.29, 0.717) is 23.0 Å². The average Bonchev–Trinajstić information content (AvgIpc) is 2.32. The van der Waals surface area contributed by atoms with Crippen LogP contribution in [0.3, 0.4) is 0 Å². The smallest absolute Gasteiger partial charge is 0.223 e. The summed E-state index contributed by atoms with van der Waals surface area (Å²) in [7, 11) is 0. The third-order valence-electron chi connectivity index (χ3n) is 2.85. The van der Waals surface area contributed by atoms with Crippen molar-refractivity contribution in [2.45, 2.75) is 26.3 Å². The minimum absolute atomic E-state index is 0.000905. The van der Waals surface area contributed by atoms with Crippen molar-refractivity contribution in [3.05, 3.63) is 33.8 Å². The molecule has 0 bridgehead atoms. The second kappa shape index (κ2) is 6.98. The van der Waals surface area contributed by atoms with Crippen molar-refractivity contribution in [1.82, 2.24) is 5.32 Å². The molecule has 1 rings (SSSR count). The summed E-state index contributed by atoms with van der Waals surface area (Å²) in [5, 5.41) is 3.93. The van der Waals surface area contributed by atoms with Gasteiger partial charge in [0.25, 0.3) is 0 Å². The average molecular weight is 289 g/mol. The third-order valence-corrected chi connectivity index (χ3v) is 3.59. The van der Waals surface area contributed by atoms with Gasteiger partial charge >= 0.3 is 0 Å². The fourth-order valence-electron chi connectivity index (χ4n) is 1.60. The number of amides is 1. The van der Waals surface area contributed by atoms with Crippen molar-refractivity contribution in [3.63, 3.8) is 0 Å². The van der Waals surface area contributed by atoms with Gasteiger partial charge in [0.05, 0.1) is 16.1 Å². The fraction of sp³-hybridized carbons (Fsp3) is 0.462. The summed E-state index contributed by atoms with van der Waals surface area (Å²) in [5.41, 5.74) is 6.36. The Kier molecular flexibility index (Phi) is 5.93. The quantitative estimate of drug-likeness (QED) is 0.874. The third kappa shape index (κ3) is 4.16. The van der Waals surface area contributed by atoms with Gasteiger partial charge in [0.2, 0.25) is 5.91 Å². The number of benzene rings is 1. The zero-order valence-electron chi connectivity index (χ0n) is 10.5. The molecule has 3 N–H and O–H groups in total. The molecule has 2 unspecified atom stereocenters. The molecule has 1 aromatic carbocycles. The Morgan fingerprint density at radius 2 is 2.00 bits per heavy atom. The van der Waals surface area contributed by atoms with E-state index >= 15 is 0 Å². The molecule has 5 heteroatoms. The Hall–Kier alpha value is -0.770. The number of nitrogens with two attached hydrogens (primary N) is 1. The first kappa shape index (κ1) is 15.3. The summed E-state index contributed by atoms with van der Waals surface area (Å²) in [5.74, 6) is -0.0840. The molecule has 1 amide bonds. The second-order valence-electron chi connectivity index (χ2n) is 4.38. The van der Waals surface area contributed by atoms with E-state index < -0.39 is 0 Å². The van der Waals surface area contributed by atoms with Gasteiger partial charge in [0.1, 0.15) is 0 Å². The van der Waals surface area contributed by atoms with Crippen molar-refractivity contribution in [2.75, 3.05) is 6.54 Å². The largest absolute Gasteiger partial charge is 0.349 e. The Balaban J connectivity index is 2.67. The summed E-state index contributed by atoms with van der Waals surface area (Å²) < 4.78 is 0. The summed E-state index contributed by atoms with van der Waals surface area (Å²) in [6.45, 7) is 4.28. The maximum absolute atomic E-state index is 11.8. The summed E-state index contributed by atoms with van der Waals surface area (Å²) in [4.78, 5) is 11.8. The van der Waals surface area contributed by atoms with E-state index in [1.54, 1.807) is 12.1 Å². The Bertz CT molecular complexity index is 423. The molecule has 0 aliphatic carbocycles. The first-order chi connectivity index (χ1) is 8.45. The fourth-order valence-corrected chi connectivity index (χ4v) is 1.91. The topological polar surface area (TPSA) is 55.1 Å². The van der Waals surface area contributed by atoms with Crippen LogP contribution in [0.1, 0.15) is 31.9 Å². The van der Waals surface area contributed by atoms with E-state index in [0.717, 1.165) is 5.56 Å². The Labute approximate surface area is 118 Å². The zero-order chi connectivity index (χ0) is 13.7. The number of rotatable bonds is 5. The van der Waals surface area contributed by atoms with E-state index in [9.17, 15) is 4.79 Å². The molecule has 0 aliphatic rings. The minimum Gasteiger partial charge on any atom is -0.349 e. The molecule has 18 heavy (non-hydrogen) atoms. The van der Waals surface area contributed by atoms with Crippen molar-refractivity contribution in [1.29, 1.82) is 0 Å². The second-order valence-corrected chi connectivity index (χ2v) is 5.20. The lowest BCUT2D eigenvalue weighted by Gasteiger charge is -2.18. The normalized spacial score (nSPS) is 14.1. The van der Waals surface area contributed by atoms with E-state index in [1.807, 2.05) is 19.9 Å². The van der Waals surface area contributed by atoms with Gasteiger partial charge in [-0.15, -0.1) is 0 Å². The van der Waals surface area contributed by atoms with Crippen molar-refractivity contribution in [3.8, 4) is 0 Å². The molecule has 0 fully saturated rings. The van der Waals surface area contributed by atoms with Crippen LogP contribution in [0.2, 0.25) is 10.0 Å². The maximum atomic E-state index is 11.8. The zero-order valence-corrected chi connectivity index (χ0v) is 12.1. The lowest BCUT2D eigenvalue weighted by molar-refractivity contribution is -0.125. The van der Waals surface area contributed by atoms with Crippen LogP contribution in [0.25, 0.3) is 0 Å². The molecule has 0 saturated heterocycles. The monoisotopic (exact) mass is 288 g/mol. The molecule has 1 aromatic rings. The van der Waals surface area contributed by atoms with Crippen molar-refractivity contribution in [2.24, 2.45) is 11.7 Å². The molecule has 100 valence electrons. The van der Waals surface area contributed by atoms with Gasteiger partial charge in [0, 0.05) is 5.92 Å². The van der Waals surface area contributed by atoms with Gasteiger partial charge in [0.15, 0.2) is 0 Å². The highest BCUT2D eigenvalue weighted by atomic mass is 35.5. The van der Waals surface area contributed by atoms with Gasteiger partial charge in [-0.3, -0.25) is 4.79 Å². The first-order valence-corrected chi connectivity index (χ1v) is 6.66. The van der Waals surface area contributed by atoms with E-state index in [1.165, 1.54) is 0 Å². The van der Waals surface area contributed by atoms with E-state index in [-0.39, 0.29) is 17.9 Å². The molecule has 0 radical (unpaired) electrons. The van der Waals surface area contributed by atoms with Crippen LogP contribution in [0.4, 0.5) is 0 Å². The highest BCUT2D eigenvalue weighted by Crippen LogP contribution is 2.25. The maximum Gasteiger partial charge on any atom is 0.223 e. The predicted molar refractivity (Wildman–Crippen MR) is 75.9 cm³/mol. The molecule has 0 aliphatic heterocycles. The van der Waals surface area contributed by atoms with Crippen LogP contribution in [0.5, 0.6) is 0 Å². The number of hydrogen-bond acceptors (Lipinski definition) is 2. The van der Waals surface area contributed by atoms with E-state index in [2.05, 4.69) is 5.32 Å². The highest BCUT2D eigenvalue weighted by Gasteiger charge is 2.15.